The van der Waals surface area contributed by atoms with E-state index in [1.807, 2.05) is 0 Å². The van der Waals surface area contributed by atoms with Crippen molar-refractivity contribution >= 4 is 0 Å². The number of aryl methyl sites for hydroxylation is 1. The number of hydrogen-bond acceptors (Lipinski definition) is 2. The number of nitrogens with zero attached hydrogens (tertiary/aromatic N) is 1. The molecule has 2 unspecified atom stereocenters. The van der Waals surface area contributed by atoms with Crippen molar-refractivity contribution in [2.75, 3.05) is 26.2 Å². The number of likely N-dealkylation sites (N-methyl/N-ethyl adjacent to an activating group) is 1. The van der Waals surface area contributed by atoms with Crippen LogP contribution in [0.1, 0.15) is 56.7 Å². The zero-order valence-corrected chi connectivity index (χ0v) is 14.1. The van der Waals surface area contributed by atoms with Gasteiger partial charge in [-0.15, -0.1) is 0 Å². The Balaban J connectivity index is 2.01. The zero-order valence-electron chi connectivity index (χ0n) is 14.1. The summed E-state index contributed by atoms with van der Waals surface area (Å²) in [5, 5.41) is 3.69. The van der Waals surface area contributed by atoms with Gasteiger partial charge in [0.15, 0.2) is 0 Å². The summed E-state index contributed by atoms with van der Waals surface area (Å²) >= 11 is 0. The molecule has 0 saturated carbocycles. The number of benzene rings is 1. The maximum Gasteiger partial charge on any atom is 0.0451 e. The van der Waals surface area contributed by atoms with Gasteiger partial charge < -0.3 is 10.2 Å². The first-order valence-electron chi connectivity index (χ1n) is 8.75. The minimum absolute atomic E-state index is 0.467. The number of hydrogen-bond donors (Lipinski definition) is 1. The van der Waals surface area contributed by atoms with Crippen LogP contribution in [-0.2, 0) is 0 Å². The van der Waals surface area contributed by atoms with E-state index in [2.05, 4.69) is 55.3 Å². The highest BCUT2D eigenvalue weighted by atomic mass is 15.1. The minimum Gasteiger partial charge on any atom is -0.309 e. The van der Waals surface area contributed by atoms with Crippen LogP contribution in [0.5, 0.6) is 0 Å². The first-order chi connectivity index (χ1) is 10.2. The Morgan fingerprint density at radius 2 is 2.00 bits per heavy atom. The Morgan fingerprint density at radius 1 is 1.19 bits per heavy atom. The predicted molar refractivity (Wildman–Crippen MR) is 91.7 cm³/mol. The van der Waals surface area contributed by atoms with Gasteiger partial charge >= 0.3 is 0 Å². The molecule has 1 aliphatic heterocycles. The van der Waals surface area contributed by atoms with Crippen molar-refractivity contribution in [1.82, 2.24) is 10.2 Å². The van der Waals surface area contributed by atoms with Crippen LogP contribution in [0.4, 0.5) is 0 Å². The molecule has 2 atom stereocenters. The summed E-state index contributed by atoms with van der Waals surface area (Å²) in [5.74, 6) is 0.950. The highest BCUT2D eigenvalue weighted by Crippen LogP contribution is 2.23. The van der Waals surface area contributed by atoms with Gasteiger partial charge in [-0.3, -0.25) is 0 Å². The fourth-order valence-electron chi connectivity index (χ4n) is 3.57. The van der Waals surface area contributed by atoms with E-state index < -0.39 is 0 Å². The second-order valence-corrected chi connectivity index (χ2v) is 6.47. The van der Waals surface area contributed by atoms with Gasteiger partial charge in [0.1, 0.15) is 0 Å². The van der Waals surface area contributed by atoms with Crippen molar-refractivity contribution in [3.8, 4) is 0 Å². The molecule has 2 rings (SSSR count). The van der Waals surface area contributed by atoms with Crippen LogP contribution in [0.15, 0.2) is 24.3 Å². The maximum atomic E-state index is 3.69. The van der Waals surface area contributed by atoms with Crippen LogP contribution in [-0.4, -0.2) is 31.1 Å². The molecule has 0 bridgehead atoms. The highest BCUT2D eigenvalue weighted by molar-refractivity contribution is 5.29. The van der Waals surface area contributed by atoms with Crippen molar-refractivity contribution in [2.45, 2.75) is 52.5 Å². The van der Waals surface area contributed by atoms with Crippen LogP contribution < -0.4 is 5.32 Å². The Bertz CT molecular complexity index is 416. The quantitative estimate of drug-likeness (QED) is 0.845. The zero-order chi connectivity index (χ0) is 15.1. The normalized spacial score (nSPS) is 22.0. The van der Waals surface area contributed by atoms with Gasteiger partial charge in [-0.1, -0.05) is 44.5 Å². The Labute approximate surface area is 130 Å². The molecule has 0 aliphatic carbocycles. The lowest BCUT2D eigenvalue weighted by Crippen LogP contribution is -2.36. The van der Waals surface area contributed by atoms with E-state index in [1.54, 1.807) is 0 Å². The first-order valence-corrected chi connectivity index (χ1v) is 8.75. The van der Waals surface area contributed by atoms with E-state index in [1.165, 1.54) is 49.9 Å². The Morgan fingerprint density at radius 3 is 2.71 bits per heavy atom. The van der Waals surface area contributed by atoms with Crippen molar-refractivity contribution in [2.24, 2.45) is 5.92 Å². The summed E-state index contributed by atoms with van der Waals surface area (Å²) in [4.78, 5) is 2.68. The maximum absolute atomic E-state index is 3.69. The summed E-state index contributed by atoms with van der Waals surface area (Å²) < 4.78 is 0. The molecule has 1 aliphatic rings. The molecule has 0 radical (unpaired) electrons. The van der Waals surface area contributed by atoms with Gasteiger partial charge in [0, 0.05) is 12.6 Å². The molecule has 2 heteroatoms. The lowest BCUT2D eigenvalue weighted by Gasteiger charge is -2.28. The van der Waals surface area contributed by atoms with Crippen LogP contribution in [0.25, 0.3) is 0 Å². The molecule has 21 heavy (non-hydrogen) atoms. The van der Waals surface area contributed by atoms with Crippen molar-refractivity contribution < 1.29 is 0 Å². The summed E-state index contributed by atoms with van der Waals surface area (Å²) in [6.07, 6.45) is 5.51. The summed E-state index contributed by atoms with van der Waals surface area (Å²) in [6.45, 7) is 11.5. The van der Waals surface area contributed by atoms with Gasteiger partial charge in [0.05, 0.1) is 0 Å². The predicted octanol–water partition coefficient (Wildman–Crippen LogP) is 4.16. The first kappa shape index (κ1) is 16.5. The molecule has 2 nitrogen and oxygen atoms in total. The molecule has 118 valence electrons. The molecule has 1 fully saturated rings. The molecule has 1 heterocycles. The third-order valence-corrected chi connectivity index (χ3v) is 4.97. The molecule has 1 N–H and O–H groups in total. The van der Waals surface area contributed by atoms with Crippen LogP contribution in [0.2, 0.25) is 0 Å². The SMILES string of the molecule is CCNC(CN1CCCC(CC)CC1)c1ccccc1C. The smallest absolute Gasteiger partial charge is 0.0451 e. The topological polar surface area (TPSA) is 15.3 Å². The van der Waals surface area contributed by atoms with Crippen molar-refractivity contribution in [3.63, 3.8) is 0 Å². The van der Waals surface area contributed by atoms with Gasteiger partial charge in [-0.2, -0.15) is 0 Å². The molecular formula is C19H32N2. The molecule has 0 spiro atoms. The average molecular weight is 288 g/mol. The summed E-state index contributed by atoms with van der Waals surface area (Å²) in [7, 11) is 0. The number of rotatable bonds is 6. The van der Waals surface area contributed by atoms with E-state index >= 15 is 0 Å². The molecule has 0 amide bonds. The van der Waals surface area contributed by atoms with Gasteiger partial charge in [0.25, 0.3) is 0 Å². The Hall–Kier alpha value is -0.860. The van der Waals surface area contributed by atoms with E-state index in [4.69, 9.17) is 0 Å². The molecule has 0 aromatic heterocycles. The highest BCUT2D eigenvalue weighted by Gasteiger charge is 2.20. The van der Waals surface area contributed by atoms with Crippen LogP contribution >= 0.6 is 0 Å². The summed E-state index contributed by atoms with van der Waals surface area (Å²) in [5.41, 5.74) is 2.88. The summed E-state index contributed by atoms with van der Waals surface area (Å²) in [6, 6.07) is 9.29. The number of nitrogens with one attached hydrogen (secondary N) is 1. The van der Waals surface area contributed by atoms with Crippen LogP contribution in [0, 0.1) is 12.8 Å². The van der Waals surface area contributed by atoms with E-state index in [0.29, 0.717) is 6.04 Å². The fraction of sp³-hybridized carbons (Fsp3) is 0.684. The average Bonchev–Trinajstić information content (AvgIpc) is 2.72. The number of likely N-dealkylation sites (tertiary alicyclic amines) is 1. The molecule has 1 aromatic rings. The van der Waals surface area contributed by atoms with Crippen molar-refractivity contribution in [3.05, 3.63) is 35.4 Å². The lowest BCUT2D eigenvalue weighted by molar-refractivity contribution is 0.248. The van der Waals surface area contributed by atoms with Crippen LogP contribution in [0.3, 0.4) is 0 Å². The third kappa shape index (κ3) is 4.82. The largest absolute Gasteiger partial charge is 0.309 e. The monoisotopic (exact) mass is 288 g/mol. The van der Waals surface area contributed by atoms with Gasteiger partial charge in [0.2, 0.25) is 0 Å². The van der Waals surface area contributed by atoms with Gasteiger partial charge in [-0.05, 0) is 62.9 Å². The van der Waals surface area contributed by atoms with E-state index in [9.17, 15) is 0 Å². The van der Waals surface area contributed by atoms with E-state index in [-0.39, 0.29) is 0 Å². The molecule has 1 saturated heterocycles. The second kappa shape index (κ2) is 8.55. The van der Waals surface area contributed by atoms with Crippen molar-refractivity contribution in [1.29, 1.82) is 0 Å². The standard InChI is InChI=1S/C19H32N2/c1-4-17-10-8-13-21(14-12-17)15-19(20-5-2)18-11-7-6-9-16(18)3/h6-7,9,11,17,19-20H,4-5,8,10,12-15H2,1-3H3. The van der Waals surface area contributed by atoms with Gasteiger partial charge in [-0.25, -0.2) is 0 Å². The van der Waals surface area contributed by atoms with E-state index in [0.717, 1.165) is 19.0 Å². The second-order valence-electron chi connectivity index (χ2n) is 6.47. The molecule has 1 aromatic carbocycles. The third-order valence-electron chi connectivity index (χ3n) is 4.97. The fourth-order valence-corrected chi connectivity index (χ4v) is 3.57. The minimum atomic E-state index is 0.467. The molecular weight excluding hydrogens is 256 g/mol. The Kier molecular flexibility index (Phi) is 6.72. The lowest BCUT2D eigenvalue weighted by atomic mass is 9.98.